The number of aryl methyl sites for hydroxylation is 1. The fourth-order valence-corrected chi connectivity index (χ4v) is 3.14. The highest BCUT2D eigenvalue weighted by molar-refractivity contribution is 7.09. The number of likely N-dealkylation sites (N-methyl/N-ethyl adjacent to an activating group) is 1. The van der Waals surface area contributed by atoms with E-state index < -0.39 is 0 Å². The lowest BCUT2D eigenvalue weighted by Crippen LogP contribution is -2.31. The third-order valence-corrected chi connectivity index (χ3v) is 4.68. The lowest BCUT2D eigenvalue weighted by atomic mass is 10.2. The van der Waals surface area contributed by atoms with Crippen molar-refractivity contribution in [3.63, 3.8) is 0 Å². The maximum absolute atomic E-state index is 12.4. The van der Waals surface area contributed by atoms with E-state index in [1.165, 1.54) is 11.3 Å². The number of carbonyl (C=O) groups excluding carboxylic acids is 2. The van der Waals surface area contributed by atoms with Gasteiger partial charge in [0.25, 0.3) is 5.91 Å². The van der Waals surface area contributed by atoms with E-state index in [-0.39, 0.29) is 18.4 Å². The van der Waals surface area contributed by atoms with Gasteiger partial charge < -0.3 is 14.6 Å². The predicted octanol–water partition coefficient (Wildman–Crippen LogP) is 2.05. The number of nitrogens with zero attached hydrogens (tertiary/aromatic N) is 2. The molecule has 0 atom stereocenters. The minimum atomic E-state index is -0.361. The second-order valence-corrected chi connectivity index (χ2v) is 6.40. The molecule has 24 heavy (non-hydrogen) atoms. The number of methoxy groups -OCH3 is 1. The van der Waals surface area contributed by atoms with E-state index in [2.05, 4.69) is 10.3 Å². The van der Waals surface area contributed by atoms with Gasteiger partial charge in [-0.2, -0.15) is 4.99 Å². The highest BCUT2D eigenvalue weighted by Crippen LogP contribution is 2.14. The number of hydrogen-bond acceptors (Lipinski definition) is 4. The van der Waals surface area contributed by atoms with Gasteiger partial charge in [0.2, 0.25) is 5.91 Å². The zero-order chi connectivity index (χ0) is 17.7. The number of aromatic nitrogens is 1. The van der Waals surface area contributed by atoms with Crippen LogP contribution in [0, 0.1) is 13.8 Å². The fourth-order valence-electron chi connectivity index (χ4n) is 2.17. The summed E-state index contributed by atoms with van der Waals surface area (Å²) in [6, 6.07) is 6.85. The number of hydrogen-bond donors (Lipinski definition) is 1. The number of thiazole rings is 1. The van der Waals surface area contributed by atoms with E-state index in [9.17, 15) is 9.59 Å². The molecule has 0 bridgehead atoms. The van der Waals surface area contributed by atoms with E-state index in [4.69, 9.17) is 4.74 Å². The molecule has 1 heterocycles. The highest BCUT2D eigenvalue weighted by Gasteiger charge is 2.12. The molecule has 0 aliphatic rings. The van der Waals surface area contributed by atoms with Crippen molar-refractivity contribution >= 4 is 23.2 Å². The average molecular weight is 347 g/mol. The monoisotopic (exact) mass is 347 g/mol. The fraction of sp³-hybridized carbons (Fsp3) is 0.353. The number of carbonyl (C=O) groups is 2. The van der Waals surface area contributed by atoms with Crippen LogP contribution in [0.3, 0.4) is 0 Å². The molecule has 2 amide bonds. The molecule has 0 unspecified atom stereocenters. The molecule has 2 rings (SSSR count). The van der Waals surface area contributed by atoms with Crippen LogP contribution in [0.2, 0.25) is 0 Å². The van der Waals surface area contributed by atoms with Gasteiger partial charge >= 0.3 is 0 Å². The van der Waals surface area contributed by atoms with Crippen LogP contribution in [0.4, 0.5) is 0 Å². The Hall–Kier alpha value is -2.41. The lowest BCUT2D eigenvalue weighted by molar-refractivity contribution is -0.121. The van der Waals surface area contributed by atoms with Gasteiger partial charge in [0, 0.05) is 22.7 Å². The normalized spacial score (nSPS) is 11.4. The Morgan fingerprint density at radius 2 is 2.08 bits per heavy atom. The van der Waals surface area contributed by atoms with Gasteiger partial charge in [0.05, 0.1) is 7.11 Å². The maximum Gasteiger partial charge on any atom is 0.279 e. The first-order valence-electron chi connectivity index (χ1n) is 7.63. The van der Waals surface area contributed by atoms with Gasteiger partial charge in [0.1, 0.15) is 12.3 Å². The molecule has 0 saturated carbocycles. The van der Waals surface area contributed by atoms with Crippen LogP contribution in [0.1, 0.15) is 27.9 Å². The summed E-state index contributed by atoms with van der Waals surface area (Å²) < 4.78 is 6.90. The molecule has 0 aliphatic heterocycles. The predicted molar refractivity (Wildman–Crippen MR) is 93.4 cm³/mol. The molecule has 1 aromatic heterocycles. The molecule has 128 valence electrons. The first-order valence-corrected chi connectivity index (χ1v) is 8.44. The van der Waals surface area contributed by atoms with Gasteiger partial charge in [-0.15, -0.1) is 11.3 Å². The molecule has 0 radical (unpaired) electrons. The maximum atomic E-state index is 12.4. The van der Waals surface area contributed by atoms with Crippen LogP contribution in [0.25, 0.3) is 0 Å². The van der Waals surface area contributed by atoms with Crippen molar-refractivity contribution in [3.05, 3.63) is 45.2 Å². The number of rotatable bonds is 5. The van der Waals surface area contributed by atoms with Crippen LogP contribution in [-0.4, -0.2) is 30.0 Å². The quantitative estimate of drug-likeness (QED) is 0.900. The molecule has 0 fully saturated rings. The Labute approximate surface area is 144 Å². The van der Waals surface area contributed by atoms with Crippen molar-refractivity contribution in [2.45, 2.75) is 27.3 Å². The minimum Gasteiger partial charge on any atom is -0.497 e. The Balaban J connectivity index is 2.39. The summed E-state index contributed by atoms with van der Waals surface area (Å²) in [6.07, 6.45) is 0. The van der Waals surface area contributed by atoms with E-state index in [1.807, 2.05) is 20.8 Å². The van der Waals surface area contributed by atoms with E-state index >= 15 is 0 Å². The van der Waals surface area contributed by atoms with E-state index in [0.29, 0.717) is 22.7 Å². The zero-order valence-corrected chi connectivity index (χ0v) is 15.1. The summed E-state index contributed by atoms with van der Waals surface area (Å²) >= 11 is 1.40. The topological polar surface area (TPSA) is 72.7 Å². The molecule has 1 N–H and O–H groups in total. The number of amides is 2. The SMILES string of the molecule is CCNC(=O)Cn1c(C)c(C)sc1=NC(=O)c1cccc(OC)c1. The molecule has 7 heteroatoms. The van der Waals surface area contributed by atoms with E-state index in [1.54, 1.807) is 35.9 Å². The van der Waals surface area contributed by atoms with Crippen molar-refractivity contribution in [1.29, 1.82) is 0 Å². The third-order valence-electron chi connectivity index (χ3n) is 3.58. The van der Waals surface area contributed by atoms with Crippen LogP contribution >= 0.6 is 11.3 Å². The van der Waals surface area contributed by atoms with Gasteiger partial charge in [-0.25, -0.2) is 0 Å². The molecule has 1 aromatic carbocycles. The standard InChI is InChI=1S/C17H21N3O3S/c1-5-18-15(21)10-20-11(2)12(3)24-17(20)19-16(22)13-7-6-8-14(9-13)23-4/h6-9H,5,10H2,1-4H3,(H,18,21). The van der Waals surface area contributed by atoms with Gasteiger partial charge in [-0.3, -0.25) is 9.59 Å². The molecular formula is C17H21N3O3S. The number of nitrogens with one attached hydrogen (secondary N) is 1. The summed E-state index contributed by atoms with van der Waals surface area (Å²) in [5.74, 6) is 0.137. The average Bonchev–Trinajstić information content (AvgIpc) is 2.82. The number of benzene rings is 1. The zero-order valence-electron chi connectivity index (χ0n) is 14.3. The molecule has 6 nitrogen and oxygen atoms in total. The first-order chi connectivity index (χ1) is 11.5. The van der Waals surface area contributed by atoms with Crippen molar-refractivity contribution in [2.75, 3.05) is 13.7 Å². The molecule has 0 aliphatic carbocycles. The Morgan fingerprint density at radius 3 is 2.75 bits per heavy atom. The summed E-state index contributed by atoms with van der Waals surface area (Å²) in [6.45, 7) is 6.44. The first kappa shape index (κ1) is 17.9. The highest BCUT2D eigenvalue weighted by atomic mass is 32.1. The van der Waals surface area contributed by atoms with Crippen molar-refractivity contribution < 1.29 is 14.3 Å². The van der Waals surface area contributed by atoms with Crippen LogP contribution in [0.15, 0.2) is 29.3 Å². The minimum absolute atomic E-state index is 0.103. The second-order valence-electron chi connectivity index (χ2n) is 5.21. The van der Waals surface area contributed by atoms with E-state index in [0.717, 1.165) is 10.6 Å². The van der Waals surface area contributed by atoms with Crippen LogP contribution in [0.5, 0.6) is 5.75 Å². The molecule has 2 aromatic rings. The van der Waals surface area contributed by atoms with Crippen molar-refractivity contribution in [2.24, 2.45) is 4.99 Å². The molecule has 0 spiro atoms. The van der Waals surface area contributed by atoms with Gasteiger partial charge in [-0.1, -0.05) is 6.07 Å². The lowest BCUT2D eigenvalue weighted by Gasteiger charge is -2.06. The third kappa shape index (κ3) is 4.11. The van der Waals surface area contributed by atoms with Crippen molar-refractivity contribution in [1.82, 2.24) is 9.88 Å². The Bertz CT molecular complexity index is 821. The molecular weight excluding hydrogens is 326 g/mol. The summed E-state index contributed by atoms with van der Waals surface area (Å²) in [5.41, 5.74) is 1.38. The van der Waals surface area contributed by atoms with Crippen LogP contribution < -0.4 is 14.9 Å². The molecule has 0 saturated heterocycles. The summed E-state index contributed by atoms with van der Waals surface area (Å²) in [7, 11) is 1.55. The van der Waals surface area contributed by atoms with Crippen LogP contribution in [-0.2, 0) is 11.3 Å². The van der Waals surface area contributed by atoms with Gasteiger partial charge in [0.15, 0.2) is 4.80 Å². The number of ether oxygens (including phenoxy) is 1. The largest absolute Gasteiger partial charge is 0.497 e. The van der Waals surface area contributed by atoms with Crippen molar-refractivity contribution in [3.8, 4) is 5.75 Å². The van der Waals surface area contributed by atoms with Gasteiger partial charge in [-0.05, 0) is 39.0 Å². The Morgan fingerprint density at radius 1 is 1.33 bits per heavy atom. The Kier molecular flexibility index (Phi) is 5.92. The smallest absolute Gasteiger partial charge is 0.279 e. The summed E-state index contributed by atoms with van der Waals surface area (Å²) in [5, 5.41) is 2.76. The second kappa shape index (κ2) is 7.92. The summed E-state index contributed by atoms with van der Waals surface area (Å²) in [4.78, 5) is 30.1.